The van der Waals surface area contributed by atoms with Crippen molar-refractivity contribution in [2.45, 2.75) is 45.6 Å². The standard InChI is InChI=1S/C11H19N3/c1-3-9-5-4-6-10(9)14-11(12)8(2)7-13-14/h7,9-10H,3-6,12H2,1-2H3. The molecular formula is C11H19N3. The van der Waals surface area contributed by atoms with E-state index in [9.17, 15) is 0 Å². The van der Waals surface area contributed by atoms with Crippen LogP contribution >= 0.6 is 0 Å². The largest absolute Gasteiger partial charge is 0.384 e. The third-order valence-electron chi connectivity index (χ3n) is 3.48. The summed E-state index contributed by atoms with van der Waals surface area (Å²) in [5, 5.41) is 4.39. The van der Waals surface area contributed by atoms with Crippen molar-refractivity contribution < 1.29 is 0 Å². The molecule has 0 amide bonds. The molecule has 0 aliphatic heterocycles. The van der Waals surface area contributed by atoms with E-state index in [0.29, 0.717) is 6.04 Å². The van der Waals surface area contributed by atoms with Gasteiger partial charge in [0.2, 0.25) is 0 Å². The molecule has 1 aromatic rings. The number of aromatic nitrogens is 2. The lowest BCUT2D eigenvalue weighted by molar-refractivity contribution is 0.347. The number of rotatable bonds is 2. The summed E-state index contributed by atoms with van der Waals surface area (Å²) in [6, 6.07) is 0.550. The van der Waals surface area contributed by atoms with Crippen molar-refractivity contribution in [1.29, 1.82) is 0 Å². The average Bonchev–Trinajstić information content (AvgIpc) is 2.75. The van der Waals surface area contributed by atoms with Crippen LogP contribution in [0.3, 0.4) is 0 Å². The molecule has 1 aliphatic rings. The van der Waals surface area contributed by atoms with Gasteiger partial charge >= 0.3 is 0 Å². The van der Waals surface area contributed by atoms with E-state index in [1.807, 2.05) is 17.8 Å². The second-order valence-electron chi connectivity index (χ2n) is 4.32. The summed E-state index contributed by atoms with van der Waals surface area (Å²) < 4.78 is 2.04. The lowest BCUT2D eigenvalue weighted by Crippen LogP contribution is -2.16. The van der Waals surface area contributed by atoms with Gasteiger partial charge in [0.05, 0.1) is 12.2 Å². The lowest BCUT2D eigenvalue weighted by atomic mass is 10.0. The number of anilines is 1. The van der Waals surface area contributed by atoms with Gasteiger partial charge in [-0.3, -0.25) is 0 Å². The summed E-state index contributed by atoms with van der Waals surface area (Å²) in [6.07, 6.45) is 7.01. The highest BCUT2D eigenvalue weighted by atomic mass is 15.3. The average molecular weight is 193 g/mol. The number of nitrogen functional groups attached to an aromatic ring is 1. The summed E-state index contributed by atoms with van der Waals surface area (Å²) in [5.74, 6) is 1.63. The predicted molar refractivity (Wildman–Crippen MR) is 58.0 cm³/mol. The third-order valence-corrected chi connectivity index (χ3v) is 3.48. The van der Waals surface area contributed by atoms with Crippen LogP contribution in [-0.4, -0.2) is 9.78 Å². The van der Waals surface area contributed by atoms with Gasteiger partial charge < -0.3 is 5.73 Å². The first kappa shape index (κ1) is 9.56. The summed E-state index contributed by atoms with van der Waals surface area (Å²) in [4.78, 5) is 0. The van der Waals surface area contributed by atoms with Crippen molar-refractivity contribution in [3.05, 3.63) is 11.8 Å². The van der Waals surface area contributed by atoms with Crippen molar-refractivity contribution in [2.75, 3.05) is 5.73 Å². The van der Waals surface area contributed by atoms with Crippen LogP contribution in [0.15, 0.2) is 6.20 Å². The highest BCUT2D eigenvalue weighted by Crippen LogP contribution is 2.38. The Morgan fingerprint density at radius 1 is 1.57 bits per heavy atom. The Hall–Kier alpha value is -0.990. The highest BCUT2D eigenvalue weighted by molar-refractivity contribution is 5.37. The molecule has 2 atom stereocenters. The molecule has 1 heterocycles. The number of hydrogen-bond acceptors (Lipinski definition) is 2. The number of aryl methyl sites for hydroxylation is 1. The molecule has 3 heteroatoms. The lowest BCUT2D eigenvalue weighted by Gasteiger charge is -2.19. The molecular weight excluding hydrogens is 174 g/mol. The summed E-state index contributed by atoms with van der Waals surface area (Å²) >= 11 is 0. The molecule has 0 aromatic carbocycles. The van der Waals surface area contributed by atoms with Gasteiger partial charge in [0.1, 0.15) is 5.82 Å². The van der Waals surface area contributed by atoms with Crippen LogP contribution in [0.25, 0.3) is 0 Å². The minimum absolute atomic E-state index is 0.550. The van der Waals surface area contributed by atoms with E-state index < -0.39 is 0 Å². The Kier molecular flexibility index (Phi) is 2.48. The molecule has 0 bridgehead atoms. The maximum Gasteiger partial charge on any atom is 0.124 e. The fourth-order valence-electron chi connectivity index (χ4n) is 2.54. The van der Waals surface area contributed by atoms with E-state index in [2.05, 4.69) is 12.0 Å². The van der Waals surface area contributed by atoms with Crippen LogP contribution in [0, 0.1) is 12.8 Å². The zero-order valence-electron chi connectivity index (χ0n) is 9.03. The quantitative estimate of drug-likeness (QED) is 0.784. The molecule has 0 saturated heterocycles. The number of nitrogens with zero attached hydrogens (tertiary/aromatic N) is 2. The summed E-state index contributed by atoms with van der Waals surface area (Å²) in [5.41, 5.74) is 7.10. The smallest absolute Gasteiger partial charge is 0.124 e. The van der Waals surface area contributed by atoms with Crippen molar-refractivity contribution in [3.8, 4) is 0 Å². The van der Waals surface area contributed by atoms with E-state index in [1.54, 1.807) is 0 Å². The van der Waals surface area contributed by atoms with Crippen LogP contribution in [-0.2, 0) is 0 Å². The molecule has 2 N–H and O–H groups in total. The second kappa shape index (κ2) is 3.64. The van der Waals surface area contributed by atoms with Crippen molar-refractivity contribution in [2.24, 2.45) is 5.92 Å². The van der Waals surface area contributed by atoms with Gasteiger partial charge in [0.15, 0.2) is 0 Å². The van der Waals surface area contributed by atoms with Gasteiger partial charge in [0.25, 0.3) is 0 Å². The van der Waals surface area contributed by atoms with E-state index in [-0.39, 0.29) is 0 Å². The Bertz CT molecular complexity index is 316. The molecule has 3 nitrogen and oxygen atoms in total. The third kappa shape index (κ3) is 1.41. The van der Waals surface area contributed by atoms with E-state index in [1.165, 1.54) is 25.7 Å². The maximum absolute atomic E-state index is 6.00. The number of nitrogens with two attached hydrogens (primary N) is 1. The van der Waals surface area contributed by atoms with Crippen molar-refractivity contribution >= 4 is 5.82 Å². The molecule has 14 heavy (non-hydrogen) atoms. The van der Waals surface area contributed by atoms with Crippen molar-refractivity contribution in [1.82, 2.24) is 9.78 Å². The Morgan fingerprint density at radius 2 is 2.36 bits per heavy atom. The topological polar surface area (TPSA) is 43.8 Å². The maximum atomic E-state index is 6.00. The highest BCUT2D eigenvalue weighted by Gasteiger charge is 2.29. The molecule has 2 rings (SSSR count). The first-order valence-electron chi connectivity index (χ1n) is 5.53. The Labute approximate surface area is 85.3 Å². The second-order valence-corrected chi connectivity index (χ2v) is 4.32. The molecule has 0 spiro atoms. The van der Waals surface area contributed by atoms with Crippen LogP contribution in [0.4, 0.5) is 5.82 Å². The number of hydrogen-bond donors (Lipinski definition) is 1. The summed E-state index contributed by atoms with van der Waals surface area (Å²) in [7, 11) is 0. The fraction of sp³-hybridized carbons (Fsp3) is 0.727. The van der Waals surface area contributed by atoms with Gasteiger partial charge in [-0.2, -0.15) is 5.10 Å². The fourth-order valence-corrected chi connectivity index (χ4v) is 2.54. The Morgan fingerprint density at radius 3 is 2.93 bits per heavy atom. The zero-order chi connectivity index (χ0) is 10.1. The summed E-state index contributed by atoms with van der Waals surface area (Å²) in [6.45, 7) is 4.28. The molecule has 2 unspecified atom stereocenters. The van der Waals surface area contributed by atoms with E-state index in [4.69, 9.17) is 5.73 Å². The molecule has 0 radical (unpaired) electrons. The van der Waals surface area contributed by atoms with Crippen LogP contribution in [0.2, 0.25) is 0 Å². The minimum atomic E-state index is 0.550. The van der Waals surface area contributed by atoms with Crippen LogP contribution in [0.1, 0.15) is 44.2 Å². The molecule has 1 aliphatic carbocycles. The van der Waals surface area contributed by atoms with Crippen LogP contribution in [0.5, 0.6) is 0 Å². The van der Waals surface area contributed by atoms with Gasteiger partial charge in [0, 0.05) is 5.56 Å². The molecule has 1 aromatic heterocycles. The molecule has 1 saturated carbocycles. The van der Waals surface area contributed by atoms with Gasteiger partial charge in [-0.05, 0) is 25.7 Å². The van der Waals surface area contributed by atoms with Gasteiger partial charge in [-0.1, -0.05) is 19.8 Å². The zero-order valence-corrected chi connectivity index (χ0v) is 9.03. The molecule has 78 valence electrons. The monoisotopic (exact) mass is 193 g/mol. The molecule has 1 fully saturated rings. The Balaban J connectivity index is 2.26. The van der Waals surface area contributed by atoms with Gasteiger partial charge in [-0.15, -0.1) is 0 Å². The van der Waals surface area contributed by atoms with Gasteiger partial charge in [-0.25, -0.2) is 4.68 Å². The van der Waals surface area contributed by atoms with E-state index in [0.717, 1.165) is 17.3 Å². The van der Waals surface area contributed by atoms with Crippen molar-refractivity contribution in [3.63, 3.8) is 0 Å². The predicted octanol–water partition coefficient (Wildman–Crippen LogP) is 2.52. The normalized spacial score (nSPS) is 27.0. The first-order valence-corrected chi connectivity index (χ1v) is 5.53. The SMILES string of the molecule is CCC1CCCC1n1ncc(C)c1N. The first-order chi connectivity index (χ1) is 6.74. The van der Waals surface area contributed by atoms with Crippen LogP contribution < -0.4 is 5.73 Å². The minimum Gasteiger partial charge on any atom is -0.384 e. The van der Waals surface area contributed by atoms with E-state index >= 15 is 0 Å².